The van der Waals surface area contributed by atoms with E-state index in [0.717, 1.165) is 47.9 Å². The van der Waals surface area contributed by atoms with Crippen LogP contribution in [0.4, 0.5) is 0 Å². The third-order valence-electron chi connectivity index (χ3n) is 7.71. The Morgan fingerprint density at radius 3 is 2.71 bits per heavy atom. The van der Waals surface area contributed by atoms with Crippen LogP contribution in [0.15, 0.2) is 63.3 Å². The zero-order valence-electron chi connectivity index (χ0n) is 21.8. The summed E-state index contributed by atoms with van der Waals surface area (Å²) in [5.74, 6) is 1.53. The van der Waals surface area contributed by atoms with E-state index in [-0.39, 0.29) is 11.6 Å². The summed E-state index contributed by atoms with van der Waals surface area (Å²) >= 11 is 1.70. The standard InChI is InChI=1S/C29H32N6O2S/c1-19-14-21-16-25(29(36)30-26(21)15-20(19)2)27(28-31-32-33-35(28)22-8-4-3-5-9-22)34(17-23-10-6-12-37-23)18-24-11-7-13-38-24/h6-7,10-16,22,27H,3-5,8-9,17-18H2,1-2H3,(H,30,36). The van der Waals surface area contributed by atoms with Crippen LogP contribution in [0.3, 0.4) is 0 Å². The zero-order chi connectivity index (χ0) is 26.1. The predicted molar refractivity (Wildman–Crippen MR) is 148 cm³/mol. The second-order valence-corrected chi connectivity index (χ2v) is 11.3. The Bertz CT molecular complexity index is 1530. The molecular formula is C29H32N6O2S. The minimum atomic E-state index is -0.464. The first kappa shape index (κ1) is 24.8. The van der Waals surface area contributed by atoms with E-state index in [4.69, 9.17) is 4.42 Å². The number of H-pyrrole nitrogens is 1. The molecule has 4 aromatic heterocycles. The molecule has 1 fully saturated rings. The number of pyridine rings is 1. The van der Waals surface area contributed by atoms with Gasteiger partial charge in [0.05, 0.1) is 18.8 Å². The van der Waals surface area contributed by atoms with Crippen molar-refractivity contribution in [1.82, 2.24) is 30.1 Å². The molecule has 1 saturated carbocycles. The first-order valence-corrected chi connectivity index (χ1v) is 14.2. The topological polar surface area (TPSA) is 92.8 Å². The molecule has 9 heteroatoms. The average molecular weight is 529 g/mol. The summed E-state index contributed by atoms with van der Waals surface area (Å²) in [7, 11) is 0. The molecule has 0 radical (unpaired) electrons. The van der Waals surface area contributed by atoms with Gasteiger partial charge in [-0.25, -0.2) is 4.68 Å². The van der Waals surface area contributed by atoms with E-state index in [0.29, 0.717) is 24.5 Å². The Morgan fingerprint density at radius 2 is 1.95 bits per heavy atom. The molecule has 4 heterocycles. The fraction of sp³-hybridized carbons (Fsp3) is 0.379. The first-order valence-electron chi connectivity index (χ1n) is 13.3. The van der Waals surface area contributed by atoms with Crippen molar-refractivity contribution >= 4 is 22.2 Å². The van der Waals surface area contributed by atoms with Gasteiger partial charge in [-0.15, -0.1) is 16.4 Å². The van der Waals surface area contributed by atoms with Crippen LogP contribution in [0.5, 0.6) is 0 Å². The summed E-state index contributed by atoms with van der Waals surface area (Å²) in [6.45, 7) is 5.30. The number of furan rings is 1. The highest BCUT2D eigenvalue weighted by molar-refractivity contribution is 7.09. The monoisotopic (exact) mass is 528 g/mol. The van der Waals surface area contributed by atoms with Crippen molar-refractivity contribution in [2.75, 3.05) is 0 Å². The number of aryl methyl sites for hydroxylation is 2. The van der Waals surface area contributed by atoms with Crippen molar-refractivity contribution in [1.29, 1.82) is 0 Å². The summed E-state index contributed by atoms with van der Waals surface area (Å²) in [5.41, 5.74) is 3.68. The number of fused-ring (bicyclic) bond motifs is 1. The number of benzene rings is 1. The summed E-state index contributed by atoms with van der Waals surface area (Å²) in [6.07, 6.45) is 7.34. The molecule has 1 aromatic carbocycles. The van der Waals surface area contributed by atoms with Crippen LogP contribution >= 0.6 is 11.3 Å². The zero-order valence-corrected chi connectivity index (χ0v) is 22.6. The molecule has 1 atom stereocenters. The smallest absolute Gasteiger partial charge is 0.253 e. The highest BCUT2D eigenvalue weighted by atomic mass is 32.1. The second-order valence-electron chi connectivity index (χ2n) is 10.3. The third-order valence-corrected chi connectivity index (χ3v) is 8.57. The van der Waals surface area contributed by atoms with Crippen LogP contribution in [0.25, 0.3) is 10.9 Å². The van der Waals surface area contributed by atoms with Gasteiger partial charge >= 0.3 is 0 Å². The summed E-state index contributed by atoms with van der Waals surface area (Å²) in [5, 5.41) is 16.3. The van der Waals surface area contributed by atoms with E-state index >= 15 is 0 Å². The van der Waals surface area contributed by atoms with Gasteiger partial charge < -0.3 is 9.40 Å². The number of hydrogen-bond acceptors (Lipinski definition) is 7. The molecule has 8 nitrogen and oxygen atoms in total. The molecule has 1 aliphatic carbocycles. The lowest BCUT2D eigenvalue weighted by atomic mass is 9.95. The number of hydrogen-bond donors (Lipinski definition) is 1. The van der Waals surface area contributed by atoms with E-state index in [2.05, 4.69) is 62.8 Å². The SMILES string of the molecule is Cc1cc2cc(C(c3nnnn3C3CCCCC3)N(Cc3ccco3)Cc3cccs3)c(=O)[nH]c2cc1C. The van der Waals surface area contributed by atoms with Gasteiger partial charge in [0.1, 0.15) is 11.8 Å². The number of thiophene rings is 1. The summed E-state index contributed by atoms with van der Waals surface area (Å²) < 4.78 is 7.76. The van der Waals surface area contributed by atoms with E-state index in [9.17, 15) is 4.79 Å². The van der Waals surface area contributed by atoms with Crippen LogP contribution < -0.4 is 5.56 Å². The number of aromatic amines is 1. The molecule has 1 aliphatic rings. The molecule has 0 aliphatic heterocycles. The third kappa shape index (κ3) is 4.96. The molecule has 5 aromatic rings. The van der Waals surface area contributed by atoms with Gasteiger partial charge in [0.15, 0.2) is 5.82 Å². The van der Waals surface area contributed by atoms with Crippen molar-refractivity contribution in [3.8, 4) is 0 Å². The lowest BCUT2D eigenvalue weighted by molar-refractivity contribution is 0.175. The Balaban J connectivity index is 1.53. The minimum absolute atomic E-state index is 0.125. The van der Waals surface area contributed by atoms with Gasteiger partial charge in [-0.1, -0.05) is 25.3 Å². The largest absolute Gasteiger partial charge is 0.468 e. The normalized spacial score (nSPS) is 15.4. The summed E-state index contributed by atoms with van der Waals surface area (Å²) in [6, 6.07) is 14.0. The first-order chi connectivity index (χ1) is 18.6. The molecule has 38 heavy (non-hydrogen) atoms. The number of aromatic nitrogens is 5. The fourth-order valence-electron chi connectivity index (χ4n) is 5.61. The van der Waals surface area contributed by atoms with E-state index in [1.54, 1.807) is 17.6 Å². The molecule has 6 rings (SSSR count). The van der Waals surface area contributed by atoms with Crippen molar-refractivity contribution in [2.45, 2.75) is 71.1 Å². The van der Waals surface area contributed by atoms with Crippen molar-refractivity contribution in [3.63, 3.8) is 0 Å². The Morgan fingerprint density at radius 1 is 1.11 bits per heavy atom. The molecule has 1 N–H and O–H groups in total. The average Bonchev–Trinajstić information content (AvgIpc) is 3.70. The molecule has 1 unspecified atom stereocenters. The van der Waals surface area contributed by atoms with E-state index < -0.39 is 6.04 Å². The quantitative estimate of drug-likeness (QED) is 0.262. The Kier molecular flexibility index (Phi) is 6.95. The van der Waals surface area contributed by atoms with Gasteiger partial charge in [0.2, 0.25) is 0 Å². The second kappa shape index (κ2) is 10.7. The minimum Gasteiger partial charge on any atom is -0.468 e. The van der Waals surface area contributed by atoms with Gasteiger partial charge in [-0.3, -0.25) is 9.69 Å². The van der Waals surface area contributed by atoms with Crippen molar-refractivity contribution < 1.29 is 4.42 Å². The highest BCUT2D eigenvalue weighted by Gasteiger charge is 2.33. The molecule has 0 spiro atoms. The fourth-order valence-corrected chi connectivity index (χ4v) is 6.34. The highest BCUT2D eigenvalue weighted by Crippen LogP contribution is 2.35. The molecule has 196 valence electrons. The van der Waals surface area contributed by atoms with Gasteiger partial charge in [-0.05, 0) is 95.4 Å². The molecule has 0 saturated heterocycles. The van der Waals surface area contributed by atoms with Crippen LogP contribution in [-0.4, -0.2) is 30.1 Å². The van der Waals surface area contributed by atoms with E-state index in [1.807, 2.05) is 28.9 Å². The maximum Gasteiger partial charge on any atom is 0.253 e. The lowest BCUT2D eigenvalue weighted by Crippen LogP contribution is -2.35. The van der Waals surface area contributed by atoms with Crippen LogP contribution in [-0.2, 0) is 13.1 Å². The Hall–Kier alpha value is -3.56. The van der Waals surface area contributed by atoms with E-state index in [1.165, 1.54) is 16.9 Å². The van der Waals surface area contributed by atoms with Crippen molar-refractivity contribution in [2.24, 2.45) is 0 Å². The van der Waals surface area contributed by atoms with Crippen molar-refractivity contribution in [3.05, 3.63) is 97.6 Å². The predicted octanol–water partition coefficient (Wildman–Crippen LogP) is 6.08. The van der Waals surface area contributed by atoms with Gasteiger partial charge in [0.25, 0.3) is 5.56 Å². The maximum absolute atomic E-state index is 13.8. The number of nitrogens with zero attached hydrogens (tertiary/aromatic N) is 5. The molecule has 0 amide bonds. The van der Waals surface area contributed by atoms with Gasteiger partial charge in [0, 0.05) is 22.5 Å². The molecular weight excluding hydrogens is 496 g/mol. The Labute approximate surface area is 225 Å². The number of rotatable bonds is 8. The van der Waals surface area contributed by atoms with Crippen LogP contribution in [0.2, 0.25) is 0 Å². The number of nitrogens with one attached hydrogen (secondary N) is 1. The van der Waals surface area contributed by atoms with Crippen LogP contribution in [0.1, 0.15) is 77.3 Å². The lowest BCUT2D eigenvalue weighted by Gasteiger charge is -2.32. The molecule has 0 bridgehead atoms. The maximum atomic E-state index is 13.8. The van der Waals surface area contributed by atoms with Gasteiger partial charge in [-0.2, -0.15) is 0 Å². The summed E-state index contributed by atoms with van der Waals surface area (Å²) in [4.78, 5) is 20.4. The van der Waals surface area contributed by atoms with Crippen LogP contribution in [0, 0.1) is 13.8 Å². The number of tetrazole rings is 1.